The maximum Gasteiger partial charge on any atom is 0.147 e. The first kappa shape index (κ1) is 11.3. The van der Waals surface area contributed by atoms with Crippen LogP contribution in [-0.2, 0) is 6.54 Å². The summed E-state index contributed by atoms with van der Waals surface area (Å²) >= 11 is 0. The van der Waals surface area contributed by atoms with E-state index < -0.39 is 0 Å². The summed E-state index contributed by atoms with van der Waals surface area (Å²) in [4.78, 5) is 13.4. The molecule has 0 saturated carbocycles. The van der Waals surface area contributed by atoms with Gasteiger partial charge in [0.05, 0.1) is 18.1 Å². The van der Waals surface area contributed by atoms with Gasteiger partial charge in [-0.05, 0) is 6.54 Å². The fraction of sp³-hybridized carbons (Fsp3) is 0.636. The molecule has 0 spiro atoms. The zero-order valence-electron chi connectivity index (χ0n) is 9.76. The molecule has 0 bridgehead atoms. The SMILES string of the molecule is CCN1CCN(c2cnc(CN)cn2)CC1. The molecule has 1 aliphatic rings. The Balaban J connectivity index is 1.97. The van der Waals surface area contributed by atoms with Gasteiger partial charge in [-0.15, -0.1) is 0 Å². The van der Waals surface area contributed by atoms with Crippen LogP contribution in [0.15, 0.2) is 12.4 Å². The van der Waals surface area contributed by atoms with Crippen molar-refractivity contribution in [1.82, 2.24) is 14.9 Å². The van der Waals surface area contributed by atoms with Gasteiger partial charge in [-0.3, -0.25) is 4.98 Å². The average Bonchev–Trinajstić information content (AvgIpc) is 2.39. The molecule has 2 N–H and O–H groups in total. The first-order chi connectivity index (χ1) is 7.83. The zero-order valence-corrected chi connectivity index (χ0v) is 9.76. The van der Waals surface area contributed by atoms with Crippen LogP contribution in [-0.4, -0.2) is 47.6 Å². The second-order valence-electron chi connectivity index (χ2n) is 3.99. The predicted molar refractivity (Wildman–Crippen MR) is 64.3 cm³/mol. The summed E-state index contributed by atoms with van der Waals surface area (Å²) < 4.78 is 0. The number of hydrogen-bond donors (Lipinski definition) is 1. The van der Waals surface area contributed by atoms with Gasteiger partial charge in [0, 0.05) is 32.7 Å². The van der Waals surface area contributed by atoms with Gasteiger partial charge in [0.1, 0.15) is 5.82 Å². The highest BCUT2D eigenvalue weighted by Gasteiger charge is 2.16. The second-order valence-corrected chi connectivity index (χ2v) is 3.99. The smallest absolute Gasteiger partial charge is 0.147 e. The Morgan fingerprint density at radius 1 is 1.19 bits per heavy atom. The molecule has 88 valence electrons. The van der Waals surface area contributed by atoms with Crippen LogP contribution in [0.4, 0.5) is 5.82 Å². The van der Waals surface area contributed by atoms with Gasteiger partial charge >= 0.3 is 0 Å². The minimum atomic E-state index is 0.455. The molecule has 1 aromatic rings. The average molecular weight is 221 g/mol. The van der Waals surface area contributed by atoms with Gasteiger partial charge in [0.25, 0.3) is 0 Å². The topological polar surface area (TPSA) is 58.3 Å². The van der Waals surface area contributed by atoms with E-state index in [1.807, 2.05) is 6.20 Å². The molecule has 2 heterocycles. The van der Waals surface area contributed by atoms with E-state index in [1.165, 1.54) is 0 Å². The van der Waals surface area contributed by atoms with Crippen molar-refractivity contribution in [3.8, 4) is 0 Å². The molecule has 2 rings (SSSR count). The molecule has 0 atom stereocenters. The van der Waals surface area contributed by atoms with Crippen molar-refractivity contribution in [2.45, 2.75) is 13.5 Å². The van der Waals surface area contributed by atoms with Crippen molar-refractivity contribution in [2.24, 2.45) is 5.73 Å². The Morgan fingerprint density at radius 3 is 2.44 bits per heavy atom. The largest absolute Gasteiger partial charge is 0.353 e. The number of nitrogens with two attached hydrogens (primary N) is 1. The molecule has 16 heavy (non-hydrogen) atoms. The van der Waals surface area contributed by atoms with Crippen molar-refractivity contribution in [3.63, 3.8) is 0 Å². The Kier molecular flexibility index (Phi) is 3.69. The van der Waals surface area contributed by atoms with Crippen molar-refractivity contribution in [1.29, 1.82) is 0 Å². The molecular weight excluding hydrogens is 202 g/mol. The number of hydrogen-bond acceptors (Lipinski definition) is 5. The predicted octanol–water partition coefficient (Wildman–Crippen LogP) is 0.0772. The molecule has 1 saturated heterocycles. The van der Waals surface area contributed by atoms with E-state index in [0.717, 1.165) is 44.2 Å². The highest BCUT2D eigenvalue weighted by Crippen LogP contribution is 2.11. The third-order valence-electron chi connectivity index (χ3n) is 3.04. The lowest BCUT2D eigenvalue weighted by atomic mass is 10.3. The number of likely N-dealkylation sites (N-methyl/N-ethyl adjacent to an activating group) is 1. The minimum absolute atomic E-state index is 0.455. The summed E-state index contributed by atoms with van der Waals surface area (Å²) in [6.07, 6.45) is 3.59. The molecule has 0 radical (unpaired) electrons. The van der Waals surface area contributed by atoms with E-state index in [-0.39, 0.29) is 0 Å². The number of rotatable bonds is 3. The summed E-state index contributed by atoms with van der Waals surface area (Å²) in [5, 5.41) is 0. The standard InChI is InChI=1S/C11H19N5/c1-2-15-3-5-16(6-4-15)11-9-13-10(7-12)8-14-11/h8-9H,2-7,12H2,1H3. The van der Waals surface area contributed by atoms with Crippen molar-refractivity contribution < 1.29 is 0 Å². The molecule has 0 aromatic carbocycles. The van der Waals surface area contributed by atoms with Gasteiger partial charge in [-0.2, -0.15) is 0 Å². The van der Waals surface area contributed by atoms with E-state index in [0.29, 0.717) is 6.54 Å². The first-order valence-electron chi connectivity index (χ1n) is 5.81. The van der Waals surface area contributed by atoms with Gasteiger partial charge in [-0.25, -0.2) is 4.98 Å². The Morgan fingerprint density at radius 2 is 1.94 bits per heavy atom. The quantitative estimate of drug-likeness (QED) is 0.783. The third-order valence-corrected chi connectivity index (χ3v) is 3.04. The summed E-state index contributed by atoms with van der Waals surface area (Å²) in [5.74, 6) is 0.966. The van der Waals surface area contributed by atoms with E-state index in [1.54, 1.807) is 6.20 Å². The molecule has 1 aliphatic heterocycles. The zero-order chi connectivity index (χ0) is 11.4. The molecule has 1 fully saturated rings. The molecule has 1 aromatic heterocycles. The minimum Gasteiger partial charge on any atom is -0.353 e. The Labute approximate surface area is 96.3 Å². The van der Waals surface area contributed by atoms with Crippen LogP contribution in [0.3, 0.4) is 0 Å². The third kappa shape index (κ3) is 2.48. The van der Waals surface area contributed by atoms with Crippen LogP contribution in [0.5, 0.6) is 0 Å². The molecular formula is C11H19N5. The summed E-state index contributed by atoms with van der Waals surface area (Å²) in [7, 11) is 0. The number of anilines is 1. The molecule has 5 nitrogen and oxygen atoms in total. The van der Waals surface area contributed by atoms with E-state index in [9.17, 15) is 0 Å². The Bertz CT molecular complexity index is 316. The maximum atomic E-state index is 5.49. The van der Waals surface area contributed by atoms with Crippen LogP contribution in [0.2, 0.25) is 0 Å². The molecule has 5 heteroatoms. The summed E-state index contributed by atoms with van der Waals surface area (Å²) in [6, 6.07) is 0. The van der Waals surface area contributed by atoms with Crippen molar-refractivity contribution >= 4 is 5.82 Å². The van der Waals surface area contributed by atoms with Crippen LogP contribution in [0, 0.1) is 0 Å². The van der Waals surface area contributed by atoms with E-state index in [2.05, 4.69) is 26.7 Å². The number of nitrogens with zero attached hydrogens (tertiary/aromatic N) is 4. The summed E-state index contributed by atoms with van der Waals surface area (Å²) in [6.45, 7) is 8.07. The molecule has 0 aliphatic carbocycles. The van der Waals surface area contributed by atoms with Crippen LogP contribution in [0.1, 0.15) is 12.6 Å². The normalized spacial score (nSPS) is 17.8. The highest BCUT2D eigenvalue weighted by molar-refractivity contribution is 5.36. The number of aromatic nitrogens is 2. The van der Waals surface area contributed by atoms with Crippen molar-refractivity contribution in [2.75, 3.05) is 37.6 Å². The summed E-state index contributed by atoms with van der Waals surface area (Å²) in [5.41, 5.74) is 6.34. The van der Waals surface area contributed by atoms with Crippen LogP contribution < -0.4 is 10.6 Å². The lowest BCUT2D eigenvalue weighted by molar-refractivity contribution is 0.270. The van der Waals surface area contributed by atoms with Gasteiger partial charge in [0.2, 0.25) is 0 Å². The van der Waals surface area contributed by atoms with Crippen LogP contribution in [0.25, 0.3) is 0 Å². The second kappa shape index (κ2) is 5.23. The van der Waals surface area contributed by atoms with Gasteiger partial charge in [-0.1, -0.05) is 6.92 Å². The molecule has 0 unspecified atom stereocenters. The fourth-order valence-corrected chi connectivity index (χ4v) is 1.91. The molecule has 0 amide bonds. The fourth-order valence-electron chi connectivity index (χ4n) is 1.91. The lowest BCUT2D eigenvalue weighted by Crippen LogP contribution is -2.46. The number of piperazine rings is 1. The highest BCUT2D eigenvalue weighted by atomic mass is 15.3. The van der Waals surface area contributed by atoms with Crippen molar-refractivity contribution in [3.05, 3.63) is 18.1 Å². The van der Waals surface area contributed by atoms with E-state index in [4.69, 9.17) is 5.73 Å². The van der Waals surface area contributed by atoms with E-state index >= 15 is 0 Å². The first-order valence-corrected chi connectivity index (χ1v) is 5.81. The monoisotopic (exact) mass is 221 g/mol. The van der Waals surface area contributed by atoms with Crippen LogP contribution >= 0.6 is 0 Å². The van der Waals surface area contributed by atoms with Gasteiger partial charge in [0.15, 0.2) is 0 Å². The maximum absolute atomic E-state index is 5.49. The lowest BCUT2D eigenvalue weighted by Gasteiger charge is -2.34. The Hall–Kier alpha value is -1.20. The van der Waals surface area contributed by atoms with Gasteiger partial charge < -0.3 is 15.5 Å².